The van der Waals surface area contributed by atoms with Gasteiger partial charge in [-0.15, -0.1) is 0 Å². The molecule has 8 nitrogen and oxygen atoms in total. The van der Waals surface area contributed by atoms with E-state index < -0.39 is 0 Å². The van der Waals surface area contributed by atoms with E-state index in [1.54, 1.807) is 0 Å². The Kier molecular flexibility index (Phi) is 6.41. The van der Waals surface area contributed by atoms with Crippen molar-refractivity contribution in [3.63, 3.8) is 0 Å². The number of fused-ring (bicyclic) bond motifs is 1. The highest BCUT2D eigenvalue weighted by molar-refractivity contribution is 5.94. The lowest BCUT2D eigenvalue weighted by atomic mass is 10.0. The molecule has 2 aliphatic rings. The fourth-order valence-electron chi connectivity index (χ4n) is 5.17. The van der Waals surface area contributed by atoms with Gasteiger partial charge in [0.25, 0.3) is 5.91 Å². The molecule has 0 radical (unpaired) electrons. The zero-order chi connectivity index (χ0) is 23.7. The van der Waals surface area contributed by atoms with Crippen molar-refractivity contribution >= 4 is 11.6 Å². The summed E-state index contributed by atoms with van der Waals surface area (Å²) in [4.78, 5) is 28.5. The van der Waals surface area contributed by atoms with E-state index in [0.29, 0.717) is 5.69 Å². The van der Waals surface area contributed by atoms with Crippen LogP contribution >= 0.6 is 0 Å². The van der Waals surface area contributed by atoms with Crippen LogP contribution in [0.25, 0.3) is 0 Å². The normalized spacial score (nSPS) is 16.7. The molecule has 1 fully saturated rings. The van der Waals surface area contributed by atoms with Gasteiger partial charge in [0, 0.05) is 87.8 Å². The molecule has 5 rings (SSSR count). The molecule has 2 aliphatic heterocycles. The highest BCUT2D eigenvalue weighted by Gasteiger charge is 2.31. The summed E-state index contributed by atoms with van der Waals surface area (Å²) in [5.41, 5.74) is 6.43. The van der Waals surface area contributed by atoms with Crippen molar-refractivity contribution in [1.29, 1.82) is 0 Å². The van der Waals surface area contributed by atoms with E-state index in [9.17, 15) is 4.79 Å². The lowest BCUT2D eigenvalue weighted by Gasteiger charge is -2.36. The van der Waals surface area contributed by atoms with Gasteiger partial charge in [-0.25, -0.2) is 4.98 Å². The lowest BCUT2D eigenvalue weighted by Crippen LogP contribution is -2.49. The van der Waals surface area contributed by atoms with E-state index in [-0.39, 0.29) is 5.91 Å². The summed E-state index contributed by atoms with van der Waals surface area (Å²) >= 11 is 0. The van der Waals surface area contributed by atoms with Crippen LogP contribution in [0.15, 0.2) is 30.3 Å². The lowest BCUT2D eigenvalue weighted by molar-refractivity contribution is 0.0737. The van der Waals surface area contributed by atoms with Gasteiger partial charge in [0.15, 0.2) is 5.69 Å². The van der Waals surface area contributed by atoms with Gasteiger partial charge in [-0.1, -0.05) is 25.1 Å². The van der Waals surface area contributed by atoms with Gasteiger partial charge < -0.3 is 14.8 Å². The Labute approximate surface area is 201 Å². The van der Waals surface area contributed by atoms with Gasteiger partial charge in [-0.3, -0.25) is 14.4 Å². The fourth-order valence-corrected chi connectivity index (χ4v) is 5.17. The van der Waals surface area contributed by atoms with E-state index in [2.05, 4.69) is 59.8 Å². The highest BCUT2D eigenvalue weighted by atomic mass is 16.2. The van der Waals surface area contributed by atoms with Gasteiger partial charge in [-0.2, -0.15) is 5.10 Å². The molecule has 8 heteroatoms. The first-order valence-corrected chi connectivity index (χ1v) is 12.5. The Morgan fingerprint density at radius 3 is 2.50 bits per heavy atom. The molecule has 1 N–H and O–H groups in total. The van der Waals surface area contributed by atoms with E-state index in [4.69, 9.17) is 10.1 Å². The van der Waals surface area contributed by atoms with Crippen LogP contribution in [0.1, 0.15) is 52.8 Å². The predicted octanol–water partition coefficient (Wildman–Crippen LogP) is 3.02. The van der Waals surface area contributed by atoms with Crippen LogP contribution < -0.4 is 4.90 Å². The molecule has 1 saturated heterocycles. The van der Waals surface area contributed by atoms with Crippen LogP contribution in [0.3, 0.4) is 0 Å². The number of hydrogen-bond donors (Lipinski definition) is 1. The number of H-pyrrole nitrogens is 1. The number of carbonyl (C=O) groups excluding carboxylic acids is 1. The quantitative estimate of drug-likeness (QED) is 0.611. The SMILES string of the molecule is CCc1nc(CN2CCc3c(c(C(=O)N4CCN(c5ccccc5)CC4)nn3CC)C2)c(C)[nH]1. The third kappa shape index (κ3) is 4.34. The summed E-state index contributed by atoms with van der Waals surface area (Å²) < 4.78 is 2.04. The number of rotatable bonds is 6. The number of hydrogen-bond acceptors (Lipinski definition) is 5. The predicted molar refractivity (Wildman–Crippen MR) is 133 cm³/mol. The number of para-hydroxylation sites is 1. The van der Waals surface area contributed by atoms with Crippen molar-refractivity contribution in [3.05, 3.63) is 64.5 Å². The molecule has 0 unspecified atom stereocenters. The topological polar surface area (TPSA) is 73.3 Å². The number of aromatic amines is 1. The maximum Gasteiger partial charge on any atom is 0.274 e. The minimum atomic E-state index is 0.0715. The van der Waals surface area contributed by atoms with E-state index in [1.807, 2.05) is 15.6 Å². The zero-order valence-corrected chi connectivity index (χ0v) is 20.5. The van der Waals surface area contributed by atoms with Gasteiger partial charge in [0.2, 0.25) is 0 Å². The summed E-state index contributed by atoms with van der Waals surface area (Å²) in [6.45, 7) is 12.7. The van der Waals surface area contributed by atoms with E-state index in [0.717, 1.165) is 88.0 Å². The van der Waals surface area contributed by atoms with Gasteiger partial charge in [0.1, 0.15) is 5.82 Å². The molecule has 4 heterocycles. The average Bonchev–Trinajstić information content (AvgIpc) is 3.43. The molecule has 3 aromatic rings. The van der Waals surface area contributed by atoms with E-state index in [1.165, 1.54) is 11.4 Å². The Bertz CT molecular complexity index is 1140. The maximum absolute atomic E-state index is 13.6. The van der Waals surface area contributed by atoms with Gasteiger partial charge in [0.05, 0.1) is 5.69 Å². The molecule has 1 amide bonds. The van der Waals surface area contributed by atoms with Crippen LogP contribution in [0.4, 0.5) is 5.69 Å². The van der Waals surface area contributed by atoms with Crippen molar-refractivity contribution < 1.29 is 4.79 Å². The number of amides is 1. The molecule has 1 aromatic carbocycles. The van der Waals surface area contributed by atoms with Crippen LogP contribution in [-0.2, 0) is 32.5 Å². The molecule has 0 aliphatic carbocycles. The summed E-state index contributed by atoms with van der Waals surface area (Å²) in [6, 6.07) is 10.4. The van der Waals surface area contributed by atoms with Crippen LogP contribution in [0.2, 0.25) is 0 Å². The first kappa shape index (κ1) is 22.7. The minimum absolute atomic E-state index is 0.0715. The first-order valence-electron chi connectivity index (χ1n) is 12.5. The number of imidazole rings is 1. The fraction of sp³-hybridized carbons (Fsp3) is 0.500. The molecular formula is C26H35N7O. The Morgan fingerprint density at radius 1 is 1.06 bits per heavy atom. The third-order valence-corrected chi connectivity index (χ3v) is 7.15. The van der Waals surface area contributed by atoms with Crippen LogP contribution in [-0.4, -0.2) is 68.2 Å². The summed E-state index contributed by atoms with van der Waals surface area (Å²) in [7, 11) is 0. The van der Waals surface area contributed by atoms with Crippen LogP contribution in [0, 0.1) is 6.92 Å². The average molecular weight is 462 g/mol. The molecule has 0 bridgehead atoms. The number of carbonyl (C=O) groups is 1. The smallest absolute Gasteiger partial charge is 0.274 e. The number of piperazine rings is 1. The second-order valence-corrected chi connectivity index (χ2v) is 9.27. The number of aryl methyl sites for hydroxylation is 3. The molecule has 180 valence electrons. The minimum Gasteiger partial charge on any atom is -0.368 e. The second-order valence-electron chi connectivity index (χ2n) is 9.27. The number of nitrogens with one attached hydrogen (secondary N) is 1. The monoisotopic (exact) mass is 461 g/mol. The third-order valence-electron chi connectivity index (χ3n) is 7.15. The number of anilines is 1. The Balaban J connectivity index is 1.31. The van der Waals surface area contributed by atoms with Crippen molar-refractivity contribution in [3.8, 4) is 0 Å². The molecule has 0 spiro atoms. The number of nitrogens with zero attached hydrogens (tertiary/aromatic N) is 6. The van der Waals surface area contributed by atoms with Crippen molar-refractivity contribution in [2.24, 2.45) is 0 Å². The van der Waals surface area contributed by atoms with Crippen LogP contribution in [0.5, 0.6) is 0 Å². The Hall–Kier alpha value is -3.13. The van der Waals surface area contributed by atoms with Gasteiger partial charge >= 0.3 is 0 Å². The second kappa shape index (κ2) is 9.62. The van der Waals surface area contributed by atoms with Crippen molar-refractivity contribution in [2.75, 3.05) is 37.6 Å². The van der Waals surface area contributed by atoms with E-state index >= 15 is 0 Å². The number of benzene rings is 1. The van der Waals surface area contributed by atoms with Crippen molar-refractivity contribution in [2.45, 2.75) is 53.2 Å². The van der Waals surface area contributed by atoms with Crippen molar-refractivity contribution in [1.82, 2.24) is 29.5 Å². The number of aromatic nitrogens is 4. The standard InChI is InChI=1S/C26H35N7O/c1-4-24-27-19(3)22(28-24)18-30-12-11-23-21(17-30)25(29-33(23)5-2)26(34)32-15-13-31(14-16-32)20-9-7-6-8-10-20/h6-10H,4-5,11-18H2,1-3H3,(H,27,28). The Morgan fingerprint density at radius 2 is 1.82 bits per heavy atom. The summed E-state index contributed by atoms with van der Waals surface area (Å²) in [6.07, 6.45) is 1.82. The highest BCUT2D eigenvalue weighted by Crippen LogP contribution is 2.26. The summed E-state index contributed by atoms with van der Waals surface area (Å²) in [5.74, 6) is 1.11. The summed E-state index contributed by atoms with van der Waals surface area (Å²) in [5, 5.41) is 4.80. The largest absolute Gasteiger partial charge is 0.368 e. The van der Waals surface area contributed by atoms with Gasteiger partial charge in [-0.05, 0) is 26.0 Å². The molecule has 0 atom stereocenters. The molecule has 0 saturated carbocycles. The maximum atomic E-state index is 13.6. The zero-order valence-electron chi connectivity index (χ0n) is 20.5. The molecule has 2 aromatic heterocycles. The molecule has 34 heavy (non-hydrogen) atoms. The first-order chi connectivity index (χ1) is 16.6. The molecular weight excluding hydrogens is 426 g/mol.